The molecule has 2 amide bonds. The average Bonchev–Trinajstić information content (AvgIpc) is 2.67. The molecule has 0 atom stereocenters. The van der Waals surface area contributed by atoms with Crippen LogP contribution >= 0.6 is 0 Å². The third kappa shape index (κ3) is 4.60. The van der Waals surface area contributed by atoms with Gasteiger partial charge in [0.2, 0.25) is 0 Å². The number of benzene rings is 3. The summed E-state index contributed by atoms with van der Waals surface area (Å²) in [6.45, 7) is 12.0. The molecule has 0 aromatic heterocycles. The number of nitrogens with one attached hydrogen (secondary N) is 2. The largest absolute Gasteiger partial charge is 0.322 e. The van der Waals surface area contributed by atoms with Crippen LogP contribution < -0.4 is 10.6 Å². The molecule has 0 radical (unpaired) electrons. The molecule has 154 valence electrons. The van der Waals surface area contributed by atoms with Crippen molar-refractivity contribution < 1.29 is 9.59 Å². The Kier molecular flexibility index (Phi) is 6.06. The third-order valence-corrected chi connectivity index (χ3v) is 5.24. The van der Waals surface area contributed by atoms with E-state index in [1.165, 1.54) is 0 Å². The average molecular weight is 401 g/mol. The highest BCUT2D eigenvalue weighted by molar-refractivity contribution is 6.08. The van der Waals surface area contributed by atoms with E-state index in [1.807, 2.05) is 65.8 Å². The second kappa shape index (κ2) is 8.54. The smallest absolute Gasteiger partial charge is 0.255 e. The molecule has 0 saturated carbocycles. The summed E-state index contributed by atoms with van der Waals surface area (Å²) < 4.78 is 0. The maximum Gasteiger partial charge on any atom is 0.255 e. The molecule has 0 bridgehead atoms. The first kappa shape index (κ1) is 21.3. The van der Waals surface area contributed by atoms with E-state index in [0.29, 0.717) is 11.1 Å². The summed E-state index contributed by atoms with van der Waals surface area (Å²) in [6.07, 6.45) is 0. The van der Waals surface area contributed by atoms with Crippen LogP contribution in [0.25, 0.3) is 0 Å². The molecule has 4 heteroatoms. The van der Waals surface area contributed by atoms with Gasteiger partial charge in [-0.1, -0.05) is 35.4 Å². The summed E-state index contributed by atoms with van der Waals surface area (Å²) in [7, 11) is 0. The molecule has 0 spiro atoms. The monoisotopic (exact) mass is 400 g/mol. The molecule has 0 aliphatic carbocycles. The van der Waals surface area contributed by atoms with Crippen LogP contribution in [-0.2, 0) is 0 Å². The zero-order valence-corrected chi connectivity index (χ0v) is 18.4. The molecule has 0 saturated heterocycles. The Labute approximate surface area is 178 Å². The first-order valence-corrected chi connectivity index (χ1v) is 10.0. The Morgan fingerprint density at radius 1 is 0.533 bits per heavy atom. The van der Waals surface area contributed by atoms with Crippen molar-refractivity contribution >= 4 is 23.2 Å². The standard InChI is InChI=1S/C26H28N2O2/c1-15-11-17(3)23(18(4)12-15)27-25(29)21-7-9-22(10-8-21)26(30)28-24-19(5)13-16(2)14-20(24)6/h7-14H,1-6H3,(H,27,29)(H,28,30). The normalized spacial score (nSPS) is 10.6. The van der Waals surface area contributed by atoms with E-state index >= 15 is 0 Å². The van der Waals surface area contributed by atoms with E-state index in [4.69, 9.17) is 0 Å². The van der Waals surface area contributed by atoms with Gasteiger partial charge in [0, 0.05) is 22.5 Å². The lowest BCUT2D eigenvalue weighted by molar-refractivity contribution is 0.101. The third-order valence-electron chi connectivity index (χ3n) is 5.24. The molecule has 0 aliphatic rings. The van der Waals surface area contributed by atoms with Crippen LogP contribution in [0.2, 0.25) is 0 Å². The van der Waals surface area contributed by atoms with Crippen molar-refractivity contribution in [2.45, 2.75) is 41.5 Å². The van der Waals surface area contributed by atoms with Gasteiger partial charge in [-0.2, -0.15) is 0 Å². The number of rotatable bonds is 4. The highest BCUT2D eigenvalue weighted by Gasteiger charge is 2.13. The van der Waals surface area contributed by atoms with Gasteiger partial charge in [0.15, 0.2) is 0 Å². The van der Waals surface area contributed by atoms with Gasteiger partial charge < -0.3 is 10.6 Å². The summed E-state index contributed by atoms with van der Waals surface area (Å²) in [5.41, 5.74) is 9.12. The highest BCUT2D eigenvalue weighted by Crippen LogP contribution is 2.24. The molecule has 3 aromatic carbocycles. The minimum Gasteiger partial charge on any atom is -0.322 e. The van der Waals surface area contributed by atoms with Gasteiger partial charge in [0.1, 0.15) is 0 Å². The number of hydrogen-bond acceptors (Lipinski definition) is 2. The van der Waals surface area contributed by atoms with Crippen molar-refractivity contribution in [1.82, 2.24) is 0 Å². The van der Waals surface area contributed by atoms with E-state index in [-0.39, 0.29) is 11.8 Å². The maximum absolute atomic E-state index is 12.7. The van der Waals surface area contributed by atoms with E-state index in [0.717, 1.165) is 44.8 Å². The molecule has 0 heterocycles. The summed E-state index contributed by atoms with van der Waals surface area (Å²) in [5.74, 6) is -0.385. The van der Waals surface area contributed by atoms with Crippen LogP contribution in [0.1, 0.15) is 54.1 Å². The van der Waals surface area contributed by atoms with Crippen LogP contribution in [0.3, 0.4) is 0 Å². The second-order valence-corrected chi connectivity index (χ2v) is 8.03. The second-order valence-electron chi connectivity index (χ2n) is 8.03. The van der Waals surface area contributed by atoms with E-state index in [1.54, 1.807) is 24.3 Å². The summed E-state index contributed by atoms with van der Waals surface area (Å²) in [6, 6.07) is 14.9. The van der Waals surface area contributed by atoms with Gasteiger partial charge in [0.25, 0.3) is 11.8 Å². The Morgan fingerprint density at radius 2 is 0.800 bits per heavy atom. The number of carbonyl (C=O) groups is 2. The van der Waals surface area contributed by atoms with Crippen LogP contribution in [0, 0.1) is 41.5 Å². The van der Waals surface area contributed by atoms with Crippen molar-refractivity contribution in [2.24, 2.45) is 0 Å². The number of amides is 2. The lowest BCUT2D eigenvalue weighted by atomic mass is 10.0. The molecular formula is C26H28N2O2. The van der Waals surface area contributed by atoms with Gasteiger partial charge in [-0.05, 0) is 88.1 Å². The van der Waals surface area contributed by atoms with Gasteiger partial charge in [-0.3, -0.25) is 9.59 Å². The zero-order chi connectivity index (χ0) is 22.0. The van der Waals surface area contributed by atoms with Crippen molar-refractivity contribution in [1.29, 1.82) is 0 Å². The lowest BCUT2D eigenvalue weighted by Gasteiger charge is -2.14. The number of hydrogen-bond donors (Lipinski definition) is 2. The van der Waals surface area contributed by atoms with Gasteiger partial charge in [-0.25, -0.2) is 0 Å². The van der Waals surface area contributed by atoms with E-state index < -0.39 is 0 Å². The topological polar surface area (TPSA) is 58.2 Å². The number of carbonyl (C=O) groups excluding carboxylic acids is 2. The summed E-state index contributed by atoms with van der Waals surface area (Å²) in [5, 5.41) is 5.98. The fourth-order valence-electron chi connectivity index (χ4n) is 3.90. The molecule has 3 aromatic rings. The molecule has 3 rings (SSSR count). The SMILES string of the molecule is Cc1cc(C)c(NC(=O)c2ccc(C(=O)Nc3c(C)cc(C)cc3C)cc2)c(C)c1. The predicted octanol–water partition coefficient (Wildman–Crippen LogP) is 6.04. The minimum absolute atomic E-state index is 0.192. The predicted molar refractivity (Wildman–Crippen MR) is 124 cm³/mol. The fraction of sp³-hybridized carbons (Fsp3) is 0.231. The number of aryl methyl sites for hydroxylation is 6. The van der Waals surface area contributed by atoms with Crippen LogP contribution in [0.4, 0.5) is 11.4 Å². The van der Waals surface area contributed by atoms with Crippen LogP contribution in [-0.4, -0.2) is 11.8 Å². The highest BCUT2D eigenvalue weighted by atomic mass is 16.2. The molecule has 2 N–H and O–H groups in total. The van der Waals surface area contributed by atoms with Crippen LogP contribution in [0.5, 0.6) is 0 Å². The van der Waals surface area contributed by atoms with Crippen molar-refractivity contribution in [3.63, 3.8) is 0 Å². The Hall–Kier alpha value is -3.40. The van der Waals surface area contributed by atoms with Gasteiger partial charge in [0.05, 0.1) is 0 Å². The molecule has 30 heavy (non-hydrogen) atoms. The Morgan fingerprint density at radius 3 is 1.07 bits per heavy atom. The quantitative estimate of drug-likeness (QED) is 0.561. The molecule has 0 aliphatic heterocycles. The number of anilines is 2. The maximum atomic E-state index is 12.7. The lowest BCUT2D eigenvalue weighted by Crippen LogP contribution is -2.16. The Bertz CT molecular complexity index is 992. The first-order chi connectivity index (χ1) is 14.2. The first-order valence-electron chi connectivity index (χ1n) is 10.0. The van der Waals surface area contributed by atoms with Crippen molar-refractivity contribution in [3.8, 4) is 0 Å². The van der Waals surface area contributed by atoms with Gasteiger partial charge in [-0.15, -0.1) is 0 Å². The fourth-order valence-corrected chi connectivity index (χ4v) is 3.90. The minimum atomic E-state index is -0.192. The molecule has 0 fully saturated rings. The molecular weight excluding hydrogens is 372 g/mol. The summed E-state index contributed by atoms with van der Waals surface area (Å²) in [4.78, 5) is 25.4. The molecule has 4 nitrogen and oxygen atoms in total. The van der Waals surface area contributed by atoms with E-state index in [2.05, 4.69) is 10.6 Å². The zero-order valence-electron chi connectivity index (χ0n) is 18.4. The Balaban J connectivity index is 1.75. The summed E-state index contributed by atoms with van der Waals surface area (Å²) >= 11 is 0. The van der Waals surface area contributed by atoms with Crippen molar-refractivity contribution in [2.75, 3.05) is 10.6 Å². The van der Waals surface area contributed by atoms with E-state index in [9.17, 15) is 9.59 Å². The van der Waals surface area contributed by atoms with Crippen LogP contribution in [0.15, 0.2) is 48.5 Å². The van der Waals surface area contributed by atoms with Crippen molar-refractivity contribution in [3.05, 3.63) is 93.0 Å². The van der Waals surface area contributed by atoms with Gasteiger partial charge >= 0.3 is 0 Å². The molecule has 0 unspecified atom stereocenters.